The molecule has 0 heterocycles. The van der Waals surface area contributed by atoms with Gasteiger partial charge in [0.1, 0.15) is 11.9 Å². The molecule has 2 N–H and O–H groups in total. The van der Waals surface area contributed by atoms with E-state index in [1.165, 1.54) is 19.3 Å². The summed E-state index contributed by atoms with van der Waals surface area (Å²) in [6, 6.07) is 8.32. The fraction of sp³-hybridized carbons (Fsp3) is 0.625. The Morgan fingerprint density at radius 2 is 1.74 bits per heavy atom. The van der Waals surface area contributed by atoms with E-state index in [1.54, 1.807) is 0 Å². The molecule has 0 saturated heterocycles. The Kier molecular flexibility index (Phi) is 5.08. The first kappa shape index (κ1) is 14.2. The van der Waals surface area contributed by atoms with Crippen LogP contribution in [0.15, 0.2) is 24.3 Å². The average molecular weight is 262 g/mol. The van der Waals surface area contributed by atoms with Crippen molar-refractivity contribution >= 4 is 5.69 Å². The molecule has 1 fully saturated rings. The largest absolute Gasteiger partial charge is 0.489 e. The van der Waals surface area contributed by atoms with E-state index in [9.17, 15) is 0 Å². The van der Waals surface area contributed by atoms with Crippen molar-refractivity contribution in [1.82, 2.24) is 4.90 Å². The van der Waals surface area contributed by atoms with Crippen LogP contribution in [0.1, 0.15) is 39.5 Å². The van der Waals surface area contributed by atoms with E-state index in [1.807, 2.05) is 24.3 Å². The number of likely N-dealkylation sites (N-methyl/N-ethyl adjacent to an activating group) is 1. The van der Waals surface area contributed by atoms with Crippen LogP contribution in [-0.2, 0) is 0 Å². The molecular formula is C16H26N2O. The fourth-order valence-electron chi connectivity index (χ4n) is 3.05. The zero-order valence-electron chi connectivity index (χ0n) is 12.1. The molecule has 1 aliphatic carbocycles. The average Bonchev–Trinajstić information content (AvgIpc) is 2.44. The van der Waals surface area contributed by atoms with Crippen molar-refractivity contribution < 1.29 is 4.74 Å². The summed E-state index contributed by atoms with van der Waals surface area (Å²) in [5.41, 5.74) is 6.50. The molecule has 3 heteroatoms. The minimum Gasteiger partial charge on any atom is -0.489 e. The van der Waals surface area contributed by atoms with Crippen LogP contribution in [-0.4, -0.2) is 30.1 Å². The molecule has 0 radical (unpaired) electrons. The normalized spacial score (nSPS) is 23.5. The highest BCUT2D eigenvalue weighted by Gasteiger charge is 2.30. The number of nitrogens with zero attached hydrogens (tertiary/aromatic N) is 1. The van der Waals surface area contributed by atoms with Gasteiger partial charge in [0, 0.05) is 11.7 Å². The third kappa shape index (κ3) is 3.63. The quantitative estimate of drug-likeness (QED) is 0.827. The van der Waals surface area contributed by atoms with Crippen molar-refractivity contribution in [2.45, 2.75) is 51.7 Å². The lowest BCUT2D eigenvalue weighted by molar-refractivity contribution is 0.0413. The van der Waals surface area contributed by atoms with E-state index >= 15 is 0 Å². The molecule has 0 aromatic heterocycles. The Hall–Kier alpha value is -1.22. The number of nitrogen functional groups attached to an aromatic ring is 1. The van der Waals surface area contributed by atoms with Crippen LogP contribution in [0.25, 0.3) is 0 Å². The third-order valence-corrected chi connectivity index (χ3v) is 4.12. The Morgan fingerprint density at radius 3 is 2.37 bits per heavy atom. The van der Waals surface area contributed by atoms with E-state index in [0.29, 0.717) is 12.1 Å². The number of hydrogen-bond donors (Lipinski definition) is 1. The lowest BCUT2D eigenvalue weighted by Crippen LogP contribution is -2.47. The highest BCUT2D eigenvalue weighted by Crippen LogP contribution is 2.27. The molecule has 1 aliphatic rings. The predicted octanol–water partition coefficient (Wildman–Crippen LogP) is 3.30. The summed E-state index contributed by atoms with van der Waals surface area (Å²) in [5, 5.41) is 0. The van der Waals surface area contributed by atoms with Crippen LogP contribution in [0, 0.1) is 0 Å². The molecule has 0 unspecified atom stereocenters. The SMILES string of the molecule is CCN(CC)[C@@H]1CCCC[C@H]1Oc1ccc(N)cc1. The molecule has 0 bridgehead atoms. The van der Waals surface area contributed by atoms with Gasteiger partial charge in [-0.05, 0) is 56.6 Å². The van der Waals surface area contributed by atoms with Gasteiger partial charge in [-0.1, -0.05) is 20.3 Å². The monoisotopic (exact) mass is 262 g/mol. The van der Waals surface area contributed by atoms with Gasteiger partial charge in [0.25, 0.3) is 0 Å². The van der Waals surface area contributed by atoms with E-state index in [4.69, 9.17) is 10.5 Å². The van der Waals surface area contributed by atoms with E-state index in [0.717, 1.165) is 30.9 Å². The van der Waals surface area contributed by atoms with Crippen LogP contribution >= 0.6 is 0 Å². The summed E-state index contributed by atoms with van der Waals surface area (Å²) in [4.78, 5) is 2.53. The highest BCUT2D eigenvalue weighted by atomic mass is 16.5. The standard InChI is InChI=1S/C16H26N2O/c1-3-18(4-2)15-7-5-6-8-16(15)19-14-11-9-13(17)10-12-14/h9-12,15-16H,3-8,17H2,1-2H3/t15-,16-/m1/s1. The van der Waals surface area contributed by atoms with Gasteiger partial charge in [-0.15, -0.1) is 0 Å². The van der Waals surface area contributed by atoms with Crippen molar-refractivity contribution in [3.8, 4) is 5.75 Å². The van der Waals surface area contributed by atoms with Crippen molar-refractivity contribution in [3.63, 3.8) is 0 Å². The van der Waals surface area contributed by atoms with Crippen molar-refractivity contribution in [2.75, 3.05) is 18.8 Å². The minimum absolute atomic E-state index is 0.317. The maximum atomic E-state index is 6.21. The molecule has 2 atom stereocenters. The van der Waals surface area contributed by atoms with Gasteiger partial charge in [0.05, 0.1) is 0 Å². The fourth-order valence-corrected chi connectivity index (χ4v) is 3.05. The Labute approximate surface area is 116 Å². The molecule has 3 nitrogen and oxygen atoms in total. The number of benzene rings is 1. The summed E-state index contributed by atoms with van der Waals surface area (Å²) in [7, 11) is 0. The Morgan fingerprint density at radius 1 is 1.11 bits per heavy atom. The summed E-state index contributed by atoms with van der Waals surface area (Å²) >= 11 is 0. The molecule has 0 aliphatic heterocycles. The lowest BCUT2D eigenvalue weighted by atomic mass is 9.91. The molecule has 1 aromatic carbocycles. The van der Waals surface area contributed by atoms with E-state index in [-0.39, 0.29) is 0 Å². The van der Waals surface area contributed by atoms with Gasteiger partial charge in [-0.2, -0.15) is 0 Å². The molecule has 106 valence electrons. The number of nitrogens with two attached hydrogens (primary N) is 1. The predicted molar refractivity (Wildman–Crippen MR) is 80.4 cm³/mol. The van der Waals surface area contributed by atoms with E-state index < -0.39 is 0 Å². The first-order chi connectivity index (χ1) is 9.24. The zero-order valence-corrected chi connectivity index (χ0v) is 12.1. The molecule has 19 heavy (non-hydrogen) atoms. The molecular weight excluding hydrogens is 236 g/mol. The van der Waals surface area contributed by atoms with Crippen LogP contribution in [0.5, 0.6) is 5.75 Å². The topological polar surface area (TPSA) is 38.5 Å². The minimum atomic E-state index is 0.317. The van der Waals surface area contributed by atoms with E-state index in [2.05, 4.69) is 18.7 Å². The number of rotatable bonds is 5. The van der Waals surface area contributed by atoms with Crippen LogP contribution < -0.4 is 10.5 Å². The molecule has 2 rings (SSSR count). The molecule has 1 saturated carbocycles. The van der Waals surface area contributed by atoms with Gasteiger partial charge in [-0.25, -0.2) is 0 Å². The molecule has 0 spiro atoms. The van der Waals surface area contributed by atoms with Gasteiger partial charge in [0.15, 0.2) is 0 Å². The second kappa shape index (κ2) is 6.80. The first-order valence-electron chi connectivity index (χ1n) is 7.50. The van der Waals surface area contributed by atoms with Crippen LogP contribution in [0.4, 0.5) is 5.69 Å². The van der Waals surface area contributed by atoms with Crippen LogP contribution in [0.2, 0.25) is 0 Å². The van der Waals surface area contributed by atoms with Crippen molar-refractivity contribution in [3.05, 3.63) is 24.3 Å². The number of ether oxygens (including phenoxy) is 1. The van der Waals surface area contributed by atoms with Crippen molar-refractivity contribution in [1.29, 1.82) is 0 Å². The van der Waals surface area contributed by atoms with Crippen molar-refractivity contribution in [2.24, 2.45) is 0 Å². The highest BCUT2D eigenvalue weighted by molar-refractivity contribution is 5.41. The number of hydrogen-bond acceptors (Lipinski definition) is 3. The summed E-state index contributed by atoms with van der Waals surface area (Å²) in [6.45, 7) is 6.67. The summed E-state index contributed by atoms with van der Waals surface area (Å²) < 4.78 is 6.21. The lowest BCUT2D eigenvalue weighted by Gasteiger charge is -2.39. The second-order valence-electron chi connectivity index (χ2n) is 5.30. The smallest absolute Gasteiger partial charge is 0.119 e. The maximum Gasteiger partial charge on any atom is 0.119 e. The molecule has 0 amide bonds. The second-order valence-corrected chi connectivity index (χ2v) is 5.30. The number of anilines is 1. The first-order valence-corrected chi connectivity index (χ1v) is 7.50. The van der Waals surface area contributed by atoms with Gasteiger partial charge in [0.2, 0.25) is 0 Å². The molecule has 1 aromatic rings. The third-order valence-electron chi connectivity index (χ3n) is 4.12. The van der Waals surface area contributed by atoms with Gasteiger partial charge in [-0.3, -0.25) is 4.90 Å². The Bertz CT molecular complexity index is 373. The Balaban J connectivity index is 2.04. The van der Waals surface area contributed by atoms with Crippen LogP contribution in [0.3, 0.4) is 0 Å². The maximum absolute atomic E-state index is 6.21. The van der Waals surface area contributed by atoms with Gasteiger partial charge >= 0.3 is 0 Å². The zero-order chi connectivity index (χ0) is 13.7. The van der Waals surface area contributed by atoms with Gasteiger partial charge < -0.3 is 10.5 Å². The summed E-state index contributed by atoms with van der Waals surface area (Å²) in [6.07, 6.45) is 5.32. The summed E-state index contributed by atoms with van der Waals surface area (Å²) in [5.74, 6) is 0.943.